The third-order valence-corrected chi connectivity index (χ3v) is 8.70. The Balaban J connectivity index is 1.88. The fraction of sp³-hybridized carbons (Fsp3) is 0.375. The van der Waals surface area contributed by atoms with Crippen LogP contribution in [0.4, 0.5) is 18.9 Å². The molecule has 0 aromatic heterocycles. The minimum absolute atomic E-state index is 0.0223. The molecule has 12 heteroatoms. The Morgan fingerprint density at radius 1 is 0.932 bits per heavy atom. The van der Waals surface area contributed by atoms with Crippen LogP contribution in [0.3, 0.4) is 0 Å². The highest BCUT2D eigenvalue weighted by molar-refractivity contribution is 9.10. The molecule has 0 spiro atoms. The summed E-state index contributed by atoms with van der Waals surface area (Å²) in [6, 6.07) is 19.9. The Labute approximate surface area is 265 Å². The first-order chi connectivity index (χ1) is 20.8. The van der Waals surface area contributed by atoms with Crippen LogP contribution in [0.2, 0.25) is 0 Å². The van der Waals surface area contributed by atoms with Crippen LogP contribution in [0.1, 0.15) is 49.3 Å². The monoisotopic (exact) mass is 695 g/mol. The van der Waals surface area contributed by atoms with Crippen molar-refractivity contribution in [2.45, 2.75) is 57.8 Å². The fourth-order valence-electron chi connectivity index (χ4n) is 4.69. The number of amides is 2. The number of benzene rings is 3. The predicted octanol–water partition coefficient (Wildman–Crippen LogP) is 6.57. The molecule has 238 valence electrons. The number of carbonyl (C=O) groups excluding carboxylic acids is 2. The molecule has 0 aliphatic heterocycles. The Morgan fingerprint density at radius 2 is 1.61 bits per heavy atom. The summed E-state index contributed by atoms with van der Waals surface area (Å²) in [5.41, 5.74) is 0.546. The predicted molar refractivity (Wildman–Crippen MR) is 169 cm³/mol. The number of nitrogens with one attached hydrogen (secondary N) is 1. The molecule has 0 saturated carbocycles. The van der Waals surface area contributed by atoms with Crippen molar-refractivity contribution in [3.8, 4) is 0 Å². The number of hydrogen-bond donors (Lipinski definition) is 1. The number of alkyl halides is 3. The van der Waals surface area contributed by atoms with Crippen LogP contribution in [0, 0.1) is 0 Å². The maximum absolute atomic E-state index is 13.9. The van der Waals surface area contributed by atoms with Gasteiger partial charge in [0.25, 0.3) is 0 Å². The molecule has 7 nitrogen and oxygen atoms in total. The molecule has 0 bridgehead atoms. The largest absolute Gasteiger partial charge is 0.416 e. The summed E-state index contributed by atoms with van der Waals surface area (Å²) in [5.74, 6) is -0.675. The lowest BCUT2D eigenvalue weighted by molar-refractivity contribution is -0.141. The molecule has 1 N–H and O–H groups in total. The van der Waals surface area contributed by atoms with E-state index in [1.165, 1.54) is 11.0 Å². The van der Waals surface area contributed by atoms with Gasteiger partial charge in [-0.05, 0) is 54.3 Å². The van der Waals surface area contributed by atoms with Crippen molar-refractivity contribution >= 4 is 43.5 Å². The van der Waals surface area contributed by atoms with Gasteiger partial charge >= 0.3 is 6.18 Å². The van der Waals surface area contributed by atoms with Gasteiger partial charge in [0.05, 0.1) is 17.5 Å². The van der Waals surface area contributed by atoms with Crippen molar-refractivity contribution in [1.29, 1.82) is 0 Å². The first kappa shape index (κ1) is 35.1. The normalized spacial score (nSPS) is 12.4. The Hall–Kier alpha value is -3.38. The van der Waals surface area contributed by atoms with Crippen LogP contribution in [-0.2, 0) is 38.8 Å². The van der Waals surface area contributed by atoms with Gasteiger partial charge < -0.3 is 10.2 Å². The van der Waals surface area contributed by atoms with E-state index >= 15 is 0 Å². The summed E-state index contributed by atoms with van der Waals surface area (Å²) in [6.45, 7) is 2.38. The minimum atomic E-state index is -4.64. The summed E-state index contributed by atoms with van der Waals surface area (Å²) < 4.78 is 66.9. The van der Waals surface area contributed by atoms with Gasteiger partial charge in [0, 0.05) is 36.9 Å². The number of sulfonamides is 1. The number of unbranched alkanes of at least 4 members (excludes halogenated alkanes) is 1. The van der Waals surface area contributed by atoms with Gasteiger partial charge in [-0.2, -0.15) is 13.2 Å². The topological polar surface area (TPSA) is 86.8 Å². The molecule has 0 heterocycles. The molecule has 0 fully saturated rings. The summed E-state index contributed by atoms with van der Waals surface area (Å²) in [5, 5.41) is 2.95. The minimum Gasteiger partial charge on any atom is -0.354 e. The number of carbonyl (C=O) groups is 2. The van der Waals surface area contributed by atoms with Crippen molar-refractivity contribution in [1.82, 2.24) is 10.2 Å². The van der Waals surface area contributed by atoms with E-state index in [0.29, 0.717) is 6.54 Å². The first-order valence-corrected chi connectivity index (χ1v) is 16.9. The lowest BCUT2D eigenvalue weighted by Gasteiger charge is -2.32. The molecule has 3 rings (SSSR count). The van der Waals surface area contributed by atoms with Gasteiger partial charge in [0.1, 0.15) is 6.04 Å². The second-order valence-corrected chi connectivity index (χ2v) is 13.3. The van der Waals surface area contributed by atoms with E-state index in [1.54, 1.807) is 0 Å². The summed E-state index contributed by atoms with van der Waals surface area (Å²) in [6.07, 6.45) is -1.92. The average Bonchev–Trinajstić information content (AvgIpc) is 2.97. The number of rotatable bonds is 15. The number of hydrogen-bond acceptors (Lipinski definition) is 4. The highest BCUT2D eigenvalue weighted by atomic mass is 79.9. The Bertz CT molecular complexity index is 1490. The smallest absolute Gasteiger partial charge is 0.354 e. The van der Waals surface area contributed by atoms with Gasteiger partial charge in [0.15, 0.2) is 0 Å². The zero-order chi connectivity index (χ0) is 32.3. The Kier molecular flexibility index (Phi) is 12.8. The van der Waals surface area contributed by atoms with Crippen molar-refractivity contribution in [3.05, 3.63) is 100 Å². The van der Waals surface area contributed by atoms with E-state index in [0.717, 1.165) is 57.2 Å². The summed E-state index contributed by atoms with van der Waals surface area (Å²) >= 11 is 3.41. The van der Waals surface area contributed by atoms with Crippen molar-refractivity contribution in [2.24, 2.45) is 0 Å². The maximum Gasteiger partial charge on any atom is 0.416 e. The van der Waals surface area contributed by atoms with E-state index in [4.69, 9.17) is 0 Å². The zero-order valence-electron chi connectivity index (χ0n) is 24.7. The number of nitrogens with zero attached hydrogens (tertiary/aromatic N) is 2. The molecule has 44 heavy (non-hydrogen) atoms. The lowest BCUT2D eigenvalue weighted by atomic mass is 10.0. The molecule has 0 aliphatic carbocycles. The quantitative estimate of drug-likeness (QED) is 0.182. The average molecular weight is 697 g/mol. The molecular formula is C32H37BrF3N3O4S. The van der Waals surface area contributed by atoms with Crippen LogP contribution in [0.5, 0.6) is 0 Å². The van der Waals surface area contributed by atoms with E-state index in [1.807, 2.05) is 61.5 Å². The molecule has 2 amide bonds. The second-order valence-electron chi connectivity index (χ2n) is 10.5. The van der Waals surface area contributed by atoms with Crippen LogP contribution in [0.25, 0.3) is 0 Å². The molecule has 3 aromatic carbocycles. The number of halogens is 4. The van der Waals surface area contributed by atoms with E-state index in [-0.39, 0.29) is 49.9 Å². The van der Waals surface area contributed by atoms with E-state index in [9.17, 15) is 31.2 Å². The van der Waals surface area contributed by atoms with Crippen LogP contribution >= 0.6 is 15.9 Å². The van der Waals surface area contributed by atoms with Gasteiger partial charge in [-0.15, -0.1) is 0 Å². The highest BCUT2D eigenvalue weighted by Gasteiger charge is 2.32. The van der Waals surface area contributed by atoms with Crippen molar-refractivity contribution in [2.75, 3.05) is 23.7 Å². The van der Waals surface area contributed by atoms with Gasteiger partial charge in [0.2, 0.25) is 21.8 Å². The third-order valence-electron chi connectivity index (χ3n) is 6.98. The van der Waals surface area contributed by atoms with Crippen LogP contribution in [-0.4, -0.2) is 50.5 Å². The van der Waals surface area contributed by atoms with Crippen molar-refractivity contribution in [3.63, 3.8) is 0 Å². The van der Waals surface area contributed by atoms with Gasteiger partial charge in [-0.25, -0.2) is 8.42 Å². The second kappa shape index (κ2) is 16.1. The SMILES string of the molecule is CCCCNC(=O)[C@H](Cc1ccccc1)N(Cc1ccc(Br)cc1)C(=O)CCCN(c1cccc(C(F)(F)F)c1)S(C)(=O)=O. The van der Waals surface area contributed by atoms with Crippen LogP contribution in [0.15, 0.2) is 83.3 Å². The van der Waals surface area contributed by atoms with Gasteiger partial charge in [-0.3, -0.25) is 13.9 Å². The zero-order valence-corrected chi connectivity index (χ0v) is 27.1. The van der Waals surface area contributed by atoms with Gasteiger partial charge in [-0.1, -0.05) is 77.8 Å². The molecule has 3 aromatic rings. The third kappa shape index (κ3) is 10.7. The molecule has 1 atom stereocenters. The van der Waals surface area contributed by atoms with E-state index in [2.05, 4.69) is 21.2 Å². The molecule has 0 unspecified atom stereocenters. The molecule has 0 saturated heterocycles. The molecular weight excluding hydrogens is 659 g/mol. The van der Waals surface area contributed by atoms with Crippen LogP contribution < -0.4 is 9.62 Å². The molecule has 0 radical (unpaired) electrons. The molecule has 0 aliphatic rings. The lowest BCUT2D eigenvalue weighted by Crippen LogP contribution is -2.50. The first-order valence-electron chi connectivity index (χ1n) is 14.3. The number of anilines is 1. The summed E-state index contributed by atoms with van der Waals surface area (Å²) in [7, 11) is -3.96. The fourth-order valence-corrected chi connectivity index (χ4v) is 5.91. The maximum atomic E-state index is 13.9. The highest BCUT2D eigenvalue weighted by Crippen LogP contribution is 2.32. The Morgan fingerprint density at radius 3 is 2.23 bits per heavy atom. The van der Waals surface area contributed by atoms with Crippen molar-refractivity contribution < 1.29 is 31.2 Å². The van der Waals surface area contributed by atoms with E-state index < -0.39 is 27.8 Å². The summed E-state index contributed by atoms with van der Waals surface area (Å²) in [4.78, 5) is 28.9. The standard InChI is InChI=1S/C32H37BrF3N3O4S/c1-3-4-19-37-31(41)29(21-24-10-6-5-7-11-24)38(23-25-15-17-27(33)18-16-25)30(40)14-9-20-39(44(2,42)43)28-13-8-12-26(22-28)32(34,35)36/h5-8,10-13,15-18,22,29H,3-4,9,14,19-21,23H2,1-2H3,(H,37,41)/t29-/m0/s1.